The number of nitrogens with one attached hydrogen (secondary N) is 1. The third kappa shape index (κ3) is 5.35. The maximum atomic E-state index is 12.2. The molecule has 0 bridgehead atoms. The highest BCUT2D eigenvalue weighted by atomic mass is 32.2. The predicted octanol–water partition coefficient (Wildman–Crippen LogP) is 2.43. The maximum Gasteiger partial charge on any atom is 0.327 e. The van der Waals surface area contributed by atoms with Crippen LogP contribution in [0.1, 0.15) is 23.1 Å². The van der Waals surface area contributed by atoms with Gasteiger partial charge in [-0.25, -0.2) is 8.42 Å². The fourth-order valence-electron chi connectivity index (χ4n) is 3.38. The van der Waals surface area contributed by atoms with E-state index in [4.69, 9.17) is 4.74 Å². The molecule has 3 rings (SSSR count). The predicted molar refractivity (Wildman–Crippen MR) is 111 cm³/mol. The first-order valence-corrected chi connectivity index (χ1v) is 11.2. The molecule has 154 valence electrons. The Labute approximate surface area is 170 Å². The standard InChI is InChI=1S/C21H24N2O5S/c1-15-6-3-4-9-19(15)23(29(2,26)27)13-21(25)28-14-20(24)22-18-11-10-16-7-5-8-17(16)12-18/h3-4,6,9-12H,5,7-8,13-14H2,1-2H3,(H,22,24). The van der Waals surface area contributed by atoms with E-state index in [1.165, 1.54) is 11.1 Å². The molecular formula is C21H24N2O5S. The fraction of sp³-hybridized carbons (Fsp3) is 0.333. The van der Waals surface area contributed by atoms with Gasteiger partial charge in [-0.3, -0.25) is 13.9 Å². The molecule has 0 heterocycles. The number of esters is 1. The zero-order valence-corrected chi connectivity index (χ0v) is 17.3. The number of hydrogen-bond donors (Lipinski definition) is 1. The third-order valence-electron chi connectivity index (χ3n) is 4.80. The zero-order chi connectivity index (χ0) is 21.0. The molecule has 0 aromatic heterocycles. The van der Waals surface area contributed by atoms with Crippen molar-refractivity contribution in [3.05, 3.63) is 59.2 Å². The lowest BCUT2D eigenvalue weighted by atomic mass is 10.1. The number of amides is 1. The van der Waals surface area contributed by atoms with Crippen LogP contribution in [0.2, 0.25) is 0 Å². The van der Waals surface area contributed by atoms with E-state index < -0.39 is 35.1 Å². The van der Waals surface area contributed by atoms with Gasteiger partial charge in [-0.15, -0.1) is 0 Å². The van der Waals surface area contributed by atoms with Crippen LogP contribution in [0.5, 0.6) is 0 Å². The molecule has 0 saturated heterocycles. The van der Waals surface area contributed by atoms with Crippen LogP contribution in [-0.2, 0) is 37.2 Å². The Morgan fingerprint density at radius 2 is 1.83 bits per heavy atom. The number of anilines is 2. The number of nitrogens with zero attached hydrogens (tertiary/aromatic N) is 1. The van der Waals surface area contributed by atoms with Crippen molar-refractivity contribution in [2.45, 2.75) is 26.2 Å². The van der Waals surface area contributed by atoms with Crippen LogP contribution in [0.15, 0.2) is 42.5 Å². The van der Waals surface area contributed by atoms with Gasteiger partial charge in [-0.2, -0.15) is 0 Å². The first-order chi connectivity index (χ1) is 13.7. The van der Waals surface area contributed by atoms with Gasteiger partial charge in [-0.1, -0.05) is 24.3 Å². The van der Waals surface area contributed by atoms with Crippen molar-refractivity contribution < 1.29 is 22.7 Å². The first-order valence-electron chi connectivity index (χ1n) is 9.34. The summed E-state index contributed by atoms with van der Waals surface area (Å²) in [6, 6.07) is 12.6. The summed E-state index contributed by atoms with van der Waals surface area (Å²) in [5.41, 5.74) is 4.28. The quantitative estimate of drug-likeness (QED) is 0.700. The third-order valence-corrected chi connectivity index (χ3v) is 5.93. The van der Waals surface area contributed by atoms with E-state index in [2.05, 4.69) is 5.32 Å². The van der Waals surface area contributed by atoms with Gasteiger partial charge in [0.1, 0.15) is 6.54 Å². The van der Waals surface area contributed by atoms with Crippen molar-refractivity contribution >= 4 is 33.3 Å². The molecule has 1 N–H and O–H groups in total. The average molecular weight is 416 g/mol. The molecule has 0 saturated carbocycles. The monoisotopic (exact) mass is 416 g/mol. The molecule has 1 aliphatic carbocycles. The van der Waals surface area contributed by atoms with Crippen molar-refractivity contribution in [3.63, 3.8) is 0 Å². The molecule has 1 amide bonds. The summed E-state index contributed by atoms with van der Waals surface area (Å²) in [6.07, 6.45) is 4.18. The largest absolute Gasteiger partial charge is 0.454 e. The second-order valence-electron chi connectivity index (χ2n) is 7.10. The molecular weight excluding hydrogens is 392 g/mol. The number of hydrogen-bond acceptors (Lipinski definition) is 5. The van der Waals surface area contributed by atoms with E-state index in [9.17, 15) is 18.0 Å². The Kier molecular flexibility index (Phi) is 6.22. The lowest BCUT2D eigenvalue weighted by molar-refractivity contribution is -0.145. The van der Waals surface area contributed by atoms with E-state index >= 15 is 0 Å². The molecule has 0 atom stereocenters. The van der Waals surface area contributed by atoms with Crippen molar-refractivity contribution in [1.82, 2.24) is 0 Å². The van der Waals surface area contributed by atoms with Gasteiger partial charge in [0.25, 0.3) is 5.91 Å². The molecule has 0 aliphatic heterocycles. The summed E-state index contributed by atoms with van der Waals surface area (Å²) in [5.74, 6) is -1.28. The molecule has 0 unspecified atom stereocenters. The van der Waals surface area contributed by atoms with Crippen LogP contribution in [0.4, 0.5) is 11.4 Å². The van der Waals surface area contributed by atoms with Gasteiger partial charge in [0.05, 0.1) is 11.9 Å². The van der Waals surface area contributed by atoms with E-state index in [0.29, 0.717) is 16.9 Å². The molecule has 2 aromatic carbocycles. The second-order valence-corrected chi connectivity index (χ2v) is 9.01. The number of para-hydroxylation sites is 1. The summed E-state index contributed by atoms with van der Waals surface area (Å²) in [5, 5.41) is 2.70. The average Bonchev–Trinajstić information content (AvgIpc) is 3.12. The highest BCUT2D eigenvalue weighted by Crippen LogP contribution is 2.25. The van der Waals surface area contributed by atoms with Crippen molar-refractivity contribution in [2.24, 2.45) is 0 Å². The number of rotatable bonds is 7. The highest BCUT2D eigenvalue weighted by molar-refractivity contribution is 7.92. The van der Waals surface area contributed by atoms with Gasteiger partial charge < -0.3 is 10.1 Å². The summed E-state index contributed by atoms with van der Waals surface area (Å²) in [6.45, 7) is 0.764. The first kappa shape index (κ1) is 20.9. The molecule has 0 spiro atoms. The van der Waals surface area contributed by atoms with Gasteiger partial charge in [0, 0.05) is 5.69 Å². The molecule has 0 fully saturated rings. The summed E-state index contributed by atoms with van der Waals surface area (Å²) < 4.78 is 30.2. The summed E-state index contributed by atoms with van der Waals surface area (Å²) in [7, 11) is -3.70. The Bertz CT molecular complexity index is 1030. The van der Waals surface area contributed by atoms with Crippen LogP contribution in [0.25, 0.3) is 0 Å². The Balaban J connectivity index is 1.58. The number of carbonyl (C=O) groups excluding carboxylic acids is 2. The Morgan fingerprint density at radius 1 is 1.10 bits per heavy atom. The molecule has 0 radical (unpaired) electrons. The summed E-state index contributed by atoms with van der Waals surface area (Å²) >= 11 is 0. The number of carbonyl (C=O) groups is 2. The minimum atomic E-state index is -3.70. The normalized spacial score (nSPS) is 12.9. The SMILES string of the molecule is Cc1ccccc1N(CC(=O)OCC(=O)Nc1ccc2c(c1)CCC2)S(C)(=O)=O. The minimum Gasteiger partial charge on any atom is -0.454 e. The smallest absolute Gasteiger partial charge is 0.327 e. The Hall–Kier alpha value is -2.87. The molecule has 29 heavy (non-hydrogen) atoms. The van der Waals surface area contributed by atoms with E-state index in [0.717, 1.165) is 29.8 Å². The van der Waals surface area contributed by atoms with Crippen LogP contribution >= 0.6 is 0 Å². The lowest BCUT2D eigenvalue weighted by Gasteiger charge is -2.23. The minimum absolute atomic E-state index is 0.398. The van der Waals surface area contributed by atoms with Crippen molar-refractivity contribution in [3.8, 4) is 0 Å². The van der Waals surface area contributed by atoms with E-state index in [-0.39, 0.29) is 0 Å². The highest BCUT2D eigenvalue weighted by Gasteiger charge is 2.23. The second kappa shape index (κ2) is 8.65. The van der Waals surface area contributed by atoms with Crippen LogP contribution in [0, 0.1) is 6.92 Å². The van der Waals surface area contributed by atoms with Gasteiger partial charge in [0.15, 0.2) is 6.61 Å². The van der Waals surface area contributed by atoms with Crippen molar-refractivity contribution in [1.29, 1.82) is 0 Å². The van der Waals surface area contributed by atoms with Crippen LogP contribution < -0.4 is 9.62 Å². The van der Waals surface area contributed by atoms with Gasteiger partial charge in [0.2, 0.25) is 10.0 Å². The zero-order valence-electron chi connectivity index (χ0n) is 16.5. The van der Waals surface area contributed by atoms with Gasteiger partial charge >= 0.3 is 5.97 Å². The molecule has 7 nitrogen and oxygen atoms in total. The lowest BCUT2D eigenvalue weighted by Crippen LogP contribution is -2.37. The van der Waals surface area contributed by atoms with Gasteiger partial charge in [-0.05, 0) is 61.1 Å². The number of benzene rings is 2. The topological polar surface area (TPSA) is 92.8 Å². The van der Waals surface area contributed by atoms with Crippen molar-refractivity contribution in [2.75, 3.05) is 29.0 Å². The number of ether oxygens (including phenoxy) is 1. The fourth-order valence-corrected chi connectivity index (χ4v) is 4.28. The molecule has 8 heteroatoms. The molecule has 1 aliphatic rings. The Morgan fingerprint density at radius 3 is 2.55 bits per heavy atom. The summed E-state index contributed by atoms with van der Waals surface area (Å²) in [4.78, 5) is 24.3. The number of sulfonamides is 1. The van der Waals surface area contributed by atoms with E-state index in [1.807, 2.05) is 18.2 Å². The molecule has 2 aromatic rings. The number of aryl methyl sites for hydroxylation is 3. The van der Waals surface area contributed by atoms with E-state index in [1.54, 1.807) is 31.2 Å². The van der Waals surface area contributed by atoms with Crippen LogP contribution in [0.3, 0.4) is 0 Å². The number of fused-ring (bicyclic) bond motifs is 1. The maximum absolute atomic E-state index is 12.2. The van der Waals surface area contributed by atoms with Crippen LogP contribution in [-0.4, -0.2) is 39.7 Å².